The molecule has 6 nitrogen and oxygen atoms in total. The molecule has 0 saturated heterocycles. The van der Waals surface area contributed by atoms with E-state index in [2.05, 4.69) is 10.3 Å². The van der Waals surface area contributed by atoms with Gasteiger partial charge in [0.05, 0.1) is 14.2 Å². The summed E-state index contributed by atoms with van der Waals surface area (Å²) in [5.41, 5.74) is 1.82. The molecular formula is C25H20F2N2O4S. The SMILES string of the molecule is COc1cccc(NC(=O)c2csc(-c3ccc(OCc4ccc(F)cc4F)c(OC)c3)n2)c1. The van der Waals surface area contributed by atoms with Gasteiger partial charge in [-0.2, -0.15) is 0 Å². The van der Waals surface area contributed by atoms with E-state index in [0.717, 1.165) is 11.6 Å². The third kappa shape index (κ3) is 5.32. The van der Waals surface area contributed by atoms with E-state index in [0.29, 0.717) is 27.9 Å². The highest BCUT2D eigenvalue weighted by Gasteiger charge is 2.15. The van der Waals surface area contributed by atoms with E-state index in [1.807, 2.05) is 0 Å². The first-order valence-corrected chi connectivity index (χ1v) is 11.0. The maximum Gasteiger partial charge on any atom is 0.275 e. The predicted octanol–water partition coefficient (Wildman–Crippen LogP) is 5.94. The molecule has 9 heteroatoms. The van der Waals surface area contributed by atoms with Gasteiger partial charge in [-0.25, -0.2) is 13.8 Å². The maximum absolute atomic E-state index is 13.9. The average Bonchev–Trinajstić information content (AvgIpc) is 3.34. The zero-order valence-corrected chi connectivity index (χ0v) is 19.1. The van der Waals surface area contributed by atoms with E-state index in [9.17, 15) is 13.6 Å². The maximum atomic E-state index is 13.9. The summed E-state index contributed by atoms with van der Waals surface area (Å²) >= 11 is 1.31. The highest BCUT2D eigenvalue weighted by molar-refractivity contribution is 7.13. The quantitative estimate of drug-likeness (QED) is 0.337. The number of anilines is 1. The first-order chi connectivity index (χ1) is 16.5. The third-order valence-corrected chi connectivity index (χ3v) is 5.76. The molecule has 3 aromatic carbocycles. The van der Waals surface area contributed by atoms with Crippen LogP contribution in [0.5, 0.6) is 17.2 Å². The number of carbonyl (C=O) groups is 1. The van der Waals surface area contributed by atoms with Crippen LogP contribution in [-0.2, 0) is 6.61 Å². The second-order valence-corrected chi connectivity index (χ2v) is 7.97. The number of ether oxygens (including phenoxy) is 3. The topological polar surface area (TPSA) is 69.7 Å². The van der Waals surface area contributed by atoms with E-state index < -0.39 is 11.6 Å². The molecule has 1 aromatic heterocycles. The number of nitrogens with zero attached hydrogens (tertiary/aromatic N) is 1. The van der Waals surface area contributed by atoms with Gasteiger partial charge in [-0.05, 0) is 42.5 Å². The molecule has 1 amide bonds. The molecule has 0 unspecified atom stereocenters. The monoisotopic (exact) mass is 482 g/mol. The van der Waals surface area contributed by atoms with Gasteiger partial charge in [0, 0.05) is 34.3 Å². The van der Waals surface area contributed by atoms with Crippen LogP contribution < -0.4 is 19.5 Å². The number of rotatable bonds is 8. The van der Waals surface area contributed by atoms with Crippen molar-refractivity contribution in [3.63, 3.8) is 0 Å². The van der Waals surface area contributed by atoms with Gasteiger partial charge in [0.25, 0.3) is 5.91 Å². The van der Waals surface area contributed by atoms with Crippen molar-refractivity contribution in [1.29, 1.82) is 0 Å². The second kappa shape index (κ2) is 10.3. The summed E-state index contributed by atoms with van der Waals surface area (Å²) < 4.78 is 43.2. The molecule has 0 atom stereocenters. The summed E-state index contributed by atoms with van der Waals surface area (Å²) in [7, 11) is 3.04. The van der Waals surface area contributed by atoms with Crippen LogP contribution in [0.25, 0.3) is 10.6 Å². The lowest BCUT2D eigenvalue weighted by Crippen LogP contribution is -2.12. The summed E-state index contributed by atoms with van der Waals surface area (Å²) in [6, 6.07) is 15.5. The first kappa shape index (κ1) is 23.2. The lowest BCUT2D eigenvalue weighted by atomic mass is 10.2. The molecule has 0 spiro atoms. The van der Waals surface area contributed by atoms with Crippen LogP contribution in [0.1, 0.15) is 16.1 Å². The van der Waals surface area contributed by atoms with Crippen molar-refractivity contribution in [2.75, 3.05) is 19.5 Å². The van der Waals surface area contributed by atoms with Crippen molar-refractivity contribution in [2.45, 2.75) is 6.61 Å². The van der Waals surface area contributed by atoms with E-state index in [-0.39, 0.29) is 23.8 Å². The standard InChI is InChI=1S/C25H20F2N2O4S/c1-31-19-5-3-4-18(12-19)28-24(30)21-14-34-25(29-21)15-7-9-22(23(10-15)32-2)33-13-16-6-8-17(26)11-20(16)27/h3-12,14H,13H2,1-2H3,(H,28,30). The Labute approximate surface area is 198 Å². The van der Waals surface area contributed by atoms with Gasteiger partial charge >= 0.3 is 0 Å². The van der Waals surface area contributed by atoms with Crippen LogP contribution in [0.2, 0.25) is 0 Å². The van der Waals surface area contributed by atoms with Crippen molar-refractivity contribution in [3.05, 3.63) is 88.9 Å². The number of nitrogens with one attached hydrogen (secondary N) is 1. The van der Waals surface area contributed by atoms with E-state index in [1.165, 1.54) is 30.6 Å². The van der Waals surface area contributed by atoms with Crippen LogP contribution in [0, 0.1) is 11.6 Å². The number of halogens is 2. The van der Waals surface area contributed by atoms with E-state index >= 15 is 0 Å². The van der Waals surface area contributed by atoms with Gasteiger partial charge < -0.3 is 19.5 Å². The fourth-order valence-corrected chi connectivity index (χ4v) is 3.92. The van der Waals surface area contributed by atoms with Crippen LogP contribution in [-0.4, -0.2) is 25.1 Å². The summed E-state index contributed by atoms with van der Waals surface area (Å²) in [6.07, 6.45) is 0. The molecular weight excluding hydrogens is 462 g/mol. The van der Waals surface area contributed by atoms with Gasteiger partial charge in [-0.15, -0.1) is 11.3 Å². The molecule has 4 aromatic rings. The largest absolute Gasteiger partial charge is 0.497 e. The molecule has 34 heavy (non-hydrogen) atoms. The number of benzene rings is 3. The minimum Gasteiger partial charge on any atom is -0.497 e. The minimum absolute atomic E-state index is 0.0896. The Morgan fingerprint density at radius 2 is 1.85 bits per heavy atom. The first-order valence-electron chi connectivity index (χ1n) is 10.1. The molecule has 0 fully saturated rings. The number of amides is 1. The smallest absolute Gasteiger partial charge is 0.275 e. The van der Waals surface area contributed by atoms with E-state index in [1.54, 1.807) is 55.0 Å². The van der Waals surface area contributed by atoms with Crippen molar-refractivity contribution < 1.29 is 27.8 Å². The Balaban J connectivity index is 1.47. The molecule has 0 radical (unpaired) electrons. The Morgan fingerprint density at radius 3 is 2.62 bits per heavy atom. The lowest BCUT2D eigenvalue weighted by molar-refractivity contribution is 0.102. The van der Waals surface area contributed by atoms with Gasteiger partial charge in [-0.1, -0.05) is 6.07 Å². The number of thiazole rings is 1. The Morgan fingerprint density at radius 1 is 1.00 bits per heavy atom. The van der Waals surface area contributed by atoms with E-state index in [4.69, 9.17) is 14.2 Å². The Hall–Kier alpha value is -3.98. The third-order valence-electron chi connectivity index (χ3n) is 4.87. The molecule has 0 aliphatic heterocycles. The summed E-state index contributed by atoms with van der Waals surface area (Å²) in [4.78, 5) is 17.0. The van der Waals surface area contributed by atoms with Crippen molar-refractivity contribution in [2.24, 2.45) is 0 Å². The Bertz CT molecular complexity index is 1330. The number of methoxy groups -OCH3 is 2. The number of hydrogen-bond acceptors (Lipinski definition) is 6. The summed E-state index contributed by atoms with van der Waals surface area (Å²) in [5, 5.41) is 5.08. The van der Waals surface area contributed by atoms with Crippen LogP contribution in [0.4, 0.5) is 14.5 Å². The zero-order valence-electron chi connectivity index (χ0n) is 18.3. The van der Waals surface area contributed by atoms with Gasteiger partial charge in [0.2, 0.25) is 0 Å². The van der Waals surface area contributed by atoms with Gasteiger partial charge in [0.15, 0.2) is 11.5 Å². The highest BCUT2D eigenvalue weighted by Crippen LogP contribution is 2.34. The Kier molecular flexibility index (Phi) is 7.03. The molecule has 1 heterocycles. The van der Waals surface area contributed by atoms with Crippen LogP contribution in [0.3, 0.4) is 0 Å². The number of hydrogen-bond donors (Lipinski definition) is 1. The molecule has 174 valence electrons. The molecule has 0 bridgehead atoms. The van der Waals surface area contributed by atoms with Crippen molar-refractivity contribution >= 4 is 22.9 Å². The second-order valence-electron chi connectivity index (χ2n) is 7.11. The number of aromatic nitrogens is 1. The van der Waals surface area contributed by atoms with Crippen LogP contribution >= 0.6 is 11.3 Å². The molecule has 0 aliphatic rings. The average molecular weight is 483 g/mol. The minimum atomic E-state index is -0.682. The van der Waals surface area contributed by atoms with Gasteiger partial charge in [-0.3, -0.25) is 4.79 Å². The molecule has 4 rings (SSSR count). The molecule has 0 aliphatic carbocycles. The lowest BCUT2D eigenvalue weighted by Gasteiger charge is -2.12. The van der Waals surface area contributed by atoms with Crippen molar-refractivity contribution in [1.82, 2.24) is 4.98 Å². The fourth-order valence-electron chi connectivity index (χ4n) is 3.12. The van der Waals surface area contributed by atoms with Crippen LogP contribution in [0.15, 0.2) is 66.0 Å². The van der Waals surface area contributed by atoms with Gasteiger partial charge in [0.1, 0.15) is 34.7 Å². The molecule has 1 N–H and O–H groups in total. The summed E-state index contributed by atoms with van der Waals surface area (Å²) in [5.74, 6) is -0.237. The summed E-state index contributed by atoms with van der Waals surface area (Å²) in [6.45, 7) is -0.0896. The number of carbonyl (C=O) groups excluding carboxylic acids is 1. The predicted molar refractivity (Wildman–Crippen MR) is 126 cm³/mol. The fraction of sp³-hybridized carbons (Fsp3) is 0.120. The normalized spacial score (nSPS) is 10.6. The highest BCUT2D eigenvalue weighted by atomic mass is 32.1. The van der Waals surface area contributed by atoms with Crippen molar-refractivity contribution in [3.8, 4) is 27.8 Å². The molecule has 0 saturated carbocycles. The zero-order chi connectivity index (χ0) is 24.1.